The molecule has 13 nitrogen and oxygen atoms in total. The maximum absolute atomic E-state index is 12.7. The summed E-state index contributed by atoms with van der Waals surface area (Å²) in [6, 6.07) is 6.95. The number of aliphatic hydroxyl groups is 5. The van der Waals surface area contributed by atoms with E-state index >= 15 is 0 Å². The average molecular weight is 565 g/mol. The van der Waals surface area contributed by atoms with Crippen molar-refractivity contribution in [2.24, 2.45) is 11.8 Å². The second-order valence-electron chi connectivity index (χ2n) is 9.36. The van der Waals surface area contributed by atoms with Crippen molar-refractivity contribution in [2.75, 3.05) is 27.4 Å². The Morgan fingerprint density at radius 3 is 2.33 bits per heavy atom. The molecule has 1 aromatic carbocycles. The third-order valence-electron chi connectivity index (χ3n) is 7.03. The van der Waals surface area contributed by atoms with Crippen molar-refractivity contribution in [3.05, 3.63) is 59.4 Å². The molecule has 0 saturated carbocycles. The van der Waals surface area contributed by atoms with E-state index in [1.54, 1.807) is 24.3 Å². The second kappa shape index (κ2) is 12.9. The Bertz CT molecular complexity index is 1140. The van der Waals surface area contributed by atoms with Crippen LogP contribution in [0.15, 0.2) is 53.8 Å². The Hall–Kier alpha value is -3.30. The molecule has 5 N–H and O–H groups in total. The molecule has 1 saturated heterocycles. The highest BCUT2D eigenvalue weighted by Crippen LogP contribution is 2.45. The number of rotatable bonds is 9. The van der Waals surface area contributed by atoms with E-state index in [9.17, 15) is 35.1 Å². The number of aliphatic hydroxyl groups excluding tert-OH is 5. The minimum atomic E-state index is -1.72. The summed E-state index contributed by atoms with van der Waals surface area (Å²) >= 11 is 0. The van der Waals surface area contributed by atoms with Crippen LogP contribution in [0.25, 0.3) is 6.08 Å². The maximum Gasteiger partial charge on any atom is 0.337 e. The van der Waals surface area contributed by atoms with Crippen LogP contribution in [0.1, 0.15) is 5.56 Å². The van der Waals surface area contributed by atoms with Crippen molar-refractivity contribution in [1.29, 1.82) is 0 Å². The number of hydrogen-bond donors (Lipinski definition) is 5. The molecule has 40 heavy (non-hydrogen) atoms. The molecule has 2 heterocycles. The Kier molecular flexibility index (Phi) is 9.58. The highest BCUT2D eigenvalue weighted by Gasteiger charge is 2.53. The van der Waals surface area contributed by atoms with Crippen molar-refractivity contribution in [3.63, 3.8) is 0 Å². The lowest BCUT2D eigenvalue weighted by Gasteiger charge is -2.43. The molecule has 4 rings (SSSR count). The normalized spacial score (nSPS) is 33.4. The largest absolute Gasteiger partial charge is 0.497 e. The van der Waals surface area contributed by atoms with Gasteiger partial charge in [-0.15, -0.1) is 0 Å². The van der Waals surface area contributed by atoms with Crippen LogP contribution in [0, 0.1) is 11.8 Å². The monoisotopic (exact) mass is 564 g/mol. The zero-order chi connectivity index (χ0) is 29.0. The number of esters is 2. The summed E-state index contributed by atoms with van der Waals surface area (Å²) in [6.07, 6.45) is -4.82. The van der Waals surface area contributed by atoms with Crippen LogP contribution < -0.4 is 4.74 Å². The van der Waals surface area contributed by atoms with E-state index in [-0.39, 0.29) is 5.57 Å². The molecule has 1 fully saturated rings. The number of ether oxygens (including phenoxy) is 6. The lowest BCUT2D eigenvalue weighted by molar-refractivity contribution is -0.340. The third-order valence-corrected chi connectivity index (χ3v) is 7.03. The van der Waals surface area contributed by atoms with Gasteiger partial charge in [0.05, 0.1) is 45.2 Å². The molecule has 2 aliphatic heterocycles. The van der Waals surface area contributed by atoms with Crippen molar-refractivity contribution < 1.29 is 63.5 Å². The predicted molar refractivity (Wildman–Crippen MR) is 134 cm³/mol. The summed E-state index contributed by atoms with van der Waals surface area (Å²) in [5.41, 5.74) is 1.03. The van der Waals surface area contributed by atoms with E-state index in [2.05, 4.69) is 0 Å². The third kappa shape index (κ3) is 6.05. The van der Waals surface area contributed by atoms with Gasteiger partial charge in [0.25, 0.3) is 0 Å². The standard InChI is InChI=1S/C27H32O13/c1-35-15-6-3-13(4-7-15)5-8-19(30)38-17-9-14(10-28)20-21(17)16(25(34)36-2)12-37-26(20)40-27-24(33)23(32)22(31)18(11-29)39-27/h3-9,12,17-18,20-24,26-29,31-33H,10-11H2,1-2H3/b8-5+/t17?,18-,20?,21?,22-,23+,24-,26?,27+/m1/s1. The van der Waals surface area contributed by atoms with Crippen molar-refractivity contribution in [2.45, 2.75) is 43.1 Å². The Labute approximate surface area is 229 Å². The first-order chi connectivity index (χ1) is 19.2. The van der Waals surface area contributed by atoms with Gasteiger partial charge in [-0.05, 0) is 35.4 Å². The van der Waals surface area contributed by atoms with Gasteiger partial charge in [-0.1, -0.05) is 12.1 Å². The fourth-order valence-electron chi connectivity index (χ4n) is 4.93. The SMILES string of the molecule is COC(=O)C1=COC(O[C@@H]2O[C@H](CO)[C@@H](O)[C@H](O)[C@H]2O)C2C(CO)=CC(OC(=O)/C=C/c3ccc(OC)cc3)C12. The summed E-state index contributed by atoms with van der Waals surface area (Å²) in [5, 5.41) is 50.2. The lowest BCUT2D eigenvalue weighted by atomic mass is 9.82. The first-order valence-electron chi connectivity index (χ1n) is 12.5. The quantitative estimate of drug-likeness (QED) is 0.140. The molecule has 218 valence electrons. The molecule has 0 radical (unpaired) electrons. The highest BCUT2D eigenvalue weighted by molar-refractivity contribution is 5.90. The van der Waals surface area contributed by atoms with E-state index in [1.165, 1.54) is 32.4 Å². The first-order valence-corrected chi connectivity index (χ1v) is 12.5. The van der Waals surface area contributed by atoms with Crippen LogP contribution in [-0.2, 0) is 33.3 Å². The van der Waals surface area contributed by atoms with Crippen LogP contribution in [-0.4, -0.2) is 108 Å². The molecule has 1 aliphatic carbocycles. The fourth-order valence-corrected chi connectivity index (χ4v) is 4.93. The summed E-state index contributed by atoms with van der Waals surface area (Å²) in [6.45, 7) is -1.18. The molecular formula is C27H32O13. The minimum absolute atomic E-state index is 0.0118. The number of methoxy groups -OCH3 is 2. The molecule has 0 spiro atoms. The summed E-state index contributed by atoms with van der Waals surface area (Å²) < 4.78 is 32.5. The van der Waals surface area contributed by atoms with Crippen LogP contribution in [0.3, 0.4) is 0 Å². The minimum Gasteiger partial charge on any atom is -0.497 e. The molecular weight excluding hydrogens is 532 g/mol. The molecule has 0 bridgehead atoms. The maximum atomic E-state index is 12.7. The van der Waals surface area contributed by atoms with E-state index in [1.807, 2.05) is 0 Å². The Morgan fingerprint density at radius 2 is 1.70 bits per heavy atom. The molecule has 9 atom stereocenters. The topological polar surface area (TPSA) is 191 Å². The van der Waals surface area contributed by atoms with Crippen LogP contribution >= 0.6 is 0 Å². The van der Waals surface area contributed by atoms with E-state index < -0.39 is 80.1 Å². The lowest BCUT2D eigenvalue weighted by Crippen LogP contribution is -2.60. The molecule has 13 heteroatoms. The molecule has 3 aliphatic rings. The zero-order valence-corrected chi connectivity index (χ0v) is 21.7. The van der Waals surface area contributed by atoms with Crippen LogP contribution in [0.5, 0.6) is 5.75 Å². The first kappa shape index (κ1) is 29.7. The van der Waals surface area contributed by atoms with Crippen molar-refractivity contribution in [3.8, 4) is 5.75 Å². The highest BCUT2D eigenvalue weighted by atomic mass is 16.8. The van der Waals surface area contributed by atoms with E-state index in [0.29, 0.717) is 16.9 Å². The zero-order valence-electron chi connectivity index (χ0n) is 21.7. The fraction of sp³-hybridized carbons (Fsp3) is 0.481. The number of carbonyl (C=O) groups excluding carboxylic acids is 2. The van der Waals surface area contributed by atoms with Gasteiger partial charge in [0.2, 0.25) is 6.29 Å². The molecule has 0 amide bonds. The molecule has 0 aromatic heterocycles. The average Bonchev–Trinajstić information content (AvgIpc) is 3.34. The predicted octanol–water partition coefficient (Wildman–Crippen LogP) is -0.985. The van der Waals surface area contributed by atoms with Crippen LogP contribution in [0.4, 0.5) is 0 Å². The van der Waals surface area contributed by atoms with Gasteiger partial charge in [0.15, 0.2) is 6.29 Å². The van der Waals surface area contributed by atoms with Crippen molar-refractivity contribution in [1.82, 2.24) is 0 Å². The van der Waals surface area contributed by atoms with Gasteiger partial charge in [0.1, 0.15) is 36.3 Å². The van der Waals surface area contributed by atoms with Gasteiger partial charge in [-0.25, -0.2) is 9.59 Å². The number of fused-ring (bicyclic) bond motifs is 1. The van der Waals surface area contributed by atoms with E-state index in [0.717, 1.165) is 6.26 Å². The summed E-state index contributed by atoms with van der Waals surface area (Å²) in [5.74, 6) is -2.64. The number of benzene rings is 1. The van der Waals surface area contributed by atoms with Gasteiger partial charge < -0.3 is 54.0 Å². The number of hydrogen-bond acceptors (Lipinski definition) is 13. The molecule has 4 unspecified atom stereocenters. The summed E-state index contributed by atoms with van der Waals surface area (Å²) in [7, 11) is 2.71. The van der Waals surface area contributed by atoms with Gasteiger partial charge >= 0.3 is 11.9 Å². The second-order valence-corrected chi connectivity index (χ2v) is 9.36. The van der Waals surface area contributed by atoms with Gasteiger partial charge in [-0.3, -0.25) is 0 Å². The smallest absolute Gasteiger partial charge is 0.337 e. The Morgan fingerprint density at radius 1 is 0.975 bits per heavy atom. The summed E-state index contributed by atoms with van der Waals surface area (Å²) in [4.78, 5) is 25.3. The van der Waals surface area contributed by atoms with Crippen LogP contribution in [0.2, 0.25) is 0 Å². The van der Waals surface area contributed by atoms with Gasteiger partial charge in [0, 0.05) is 12.0 Å². The molecule has 1 aromatic rings. The number of carbonyl (C=O) groups is 2. The van der Waals surface area contributed by atoms with Gasteiger partial charge in [-0.2, -0.15) is 0 Å². The van der Waals surface area contributed by atoms with E-state index in [4.69, 9.17) is 28.4 Å². The van der Waals surface area contributed by atoms with Crippen molar-refractivity contribution >= 4 is 18.0 Å². The Balaban J connectivity index is 1.55.